The molecule has 1 saturated heterocycles. The molecule has 4 rings (SSSR count). The smallest absolute Gasteiger partial charge is 0.300 e. The molecule has 1 heterocycles. The van der Waals surface area contributed by atoms with Crippen LogP contribution in [0.3, 0.4) is 0 Å². The van der Waals surface area contributed by atoms with Crippen molar-refractivity contribution < 1.29 is 29.0 Å². The molecule has 8 heteroatoms. The lowest BCUT2D eigenvalue weighted by Crippen LogP contribution is -2.29. The van der Waals surface area contributed by atoms with E-state index in [-0.39, 0.29) is 23.2 Å². The van der Waals surface area contributed by atoms with E-state index in [1.165, 1.54) is 11.8 Å². The molecule has 1 aliphatic heterocycles. The van der Waals surface area contributed by atoms with Gasteiger partial charge in [-0.25, -0.2) is 0 Å². The van der Waals surface area contributed by atoms with Gasteiger partial charge in [0.15, 0.2) is 0 Å². The molecule has 3 aromatic rings. The van der Waals surface area contributed by atoms with Crippen molar-refractivity contribution in [2.45, 2.75) is 39.7 Å². The monoisotopic (exact) mass is 528 g/mol. The van der Waals surface area contributed by atoms with Crippen LogP contribution in [0, 0.1) is 6.92 Å². The number of rotatable bonds is 7. The topological polar surface area (TPSA) is 105 Å². The van der Waals surface area contributed by atoms with Crippen LogP contribution in [-0.2, 0) is 14.4 Å². The van der Waals surface area contributed by atoms with E-state index in [0.29, 0.717) is 39.6 Å². The summed E-state index contributed by atoms with van der Waals surface area (Å²) >= 11 is 0. The van der Waals surface area contributed by atoms with E-state index in [4.69, 9.17) is 9.47 Å². The molecule has 1 aliphatic rings. The number of benzene rings is 3. The first kappa shape index (κ1) is 27.4. The van der Waals surface area contributed by atoms with Gasteiger partial charge in [0, 0.05) is 23.9 Å². The maximum atomic E-state index is 13.6. The molecule has 0 aromatic heterocycles. The van der Waals surface area contributed by atoms with E-state index < -0.39 is 17.7 Å². The second kappa shape index (κ2) is 11.0. The van der Waals surface area contributed by atoms with Crippen molar-refractivity contribution in [1.29, 1.82) is 0 Å². The van der Waals surface area contributed by atoms with Crippen LogP contribution >= 0.6 is 0 Å². The first-order valence-corrected chi connectivity index (χ1v) is 12.6. The second-order valence-corrected chi connectivity index (χ2v) is 9.74. The molecular weight excluding hydrogens is 496 g/mol. The summed E-state index contributed by atoms with van der Waals surface area (Å²) in [7, 11) is 3.14. The predicted molar refractivity (Wildman–Crippen MR) is 150 cm³/mol. The number of aliphatic hydroxyl groups excluding tert-OH is 1. The summed E-state index contributed by atoms with van der Waals surface area (Å²) in [4.78, 5) is 40.2. The number of amides is 2. The quantitative estimate of drug-likeness (QED) is 0.231. The number of aliphatic hydroxyl groups is 1. The second-order valence-electron chi connectivity index (χ2n) is 9.74. The molecule has 0 saturated carbocycles. The zero-order valence-corrected chi connectivity index (χ0v) is 22.9. The average Bonchev–Trinajstić information content (AvgIpc) is 3.17. The van der Waals surface area contributed by atoms with Gasteiger partial charge in [-0.3, -0.25) is 19.3 Å². The van der Waals surface area contributed by atoms with Gasteiger partial charge in [-0.1, -0.05) is 32.0 Å². The van der Waals surface area contributed by atoms with Crippen molar-refractivity contribution in [3.63, 3.8) is 0 Å². The summed E-state index contributed by atoms with van der Waals surface area (Å²) in [5.74, 6) is -0.749. The number of anilines is 2. The molecule has 0 radical (unpaired) electrons. The highest BCUT2D eigenvalue weighted by molar-refractivity contribution is 6.51. The Hall–Kier alpha value is -4.59. The van der Waals surface area contributed by atoms with E-state index in [1.54, 1.807) is 62.8 Å². The van der Waals surface area contributed by atoms with Crippen molar-refractivity contribution >= 4 is 34.7 Å². The van der Waals surface area contributed by atoms with Crippen LogP contribution < -0.4 is 19.7 Å². The standard InChI is InChI=1S/C31H32N2O6/c1-17(2)24-16-25(18(3)14-26(24)39-6)29(35)27-28(20-10-12-23(38-5)13-11-20)33(31(37)30(27)36)22-9-7-8-21(15-22)32-19(4)34/h7-17,28,35H,1-6H3,(H,32,34)/b29-27+. The van der Waals surface area contributed by atoms with Crippen LogP contribution in [0.15, 0.2) is 66.2 Å². The van der Waals surface area contributed by atoms with Gasteiger partial charge in [0.25, 0.3) is 11.7 Å². The Morgan fingerprint density at radius 2 is 1.69 bits per heavy atom. The molecule has 1 unspecified atom stereocenters. The highest BCUT2D eigenvalue weighted by Gasteiger charge is 2.47. The van der Waals surface area contributed by atoms with Crippen molar-refractivity contribution in [1.82, 2.24) is 0 Å². The molecule has 2 amide bonds. The highest BCUT2D eigenvalue weighted by Crippen LogP contribution is 2.44. The number of aryl methyl sites for hydroxylation is 1. The van der Waals surface area contributed by atoms with Crippen LogP contribution in [0.2, 0.25) is 0 Å². The van der Waals surface area contributed by atoms with Gasteiger partial charge in [-0.2, -0.15) is 0 Å². The Morgan fingerprint density at radius 3 is 2.28 bits per heavy atom. The fourth-order valence-electron chi connectivity index (χ4n) is 4.86. The van der Waals surface area contributed by atoms with E-state index in [0.717, 1.165) is 5.56 Å². The van der Waals surface area contributed by atoms with Gasteiger partial charge in [-0.05, 0) is 72.0 Å². The summed E-state index contributed by atoms with van der Waals surface area (Å²) in [6, 6.07) is 16.4. The molecule has 202 valence electrons. The molecule has 1 fully saturated rings. The van der Waals surface area contributed by atoms with E-state index >= 15 is 0 Å². The third kappa shape index (κ3) is 5.23. The number of carbonyl (C=O) groups is 3. The largest absolute Gasteiger partial charge is 0.507 e. The highest BCUT2D eigenvalue weighted by atomic mass is 16.5. The zero-order chi connectivity index (χ0) is 28.4. The lowest BCUT2D eigenvalue weighted by atomic mass is 9.91. The molecule has 1 atom stereocenters. The number of hydrogen-bond donors (Lipinski definition) is 2. The van der Waals surface area contributed by atoms with Crippen LogP contribution in [0.1, 0.15) is 55.0 Å². The summed E-state index contributed by atoms with van der Waals surface area (Å²) < 4.78 is 10.8. The minimum absolute atomic E-state index is 0.0296. The van der Waals surface area contributed by atoms with Gasteiger partial charge >= 0.3 is 0 Å². The van der Waals surface area contributed by atoms with Crippen LogP contribution in [0.5, 0.6) is 11.5 Å². The number of hydrogen-bond acceptors (Lipinski definition) is 6. The lowest BCUT2D eigenvalue weighted by molar-refractivity contribution is -0.132. The fraction of sp³-hybridized carbons (Fsp3) is 0.258. The van der Waals surface area contributed by atoms with Crippen LogP contribution in [0.4, 0.5) is 11.4 Å². The van der Waals surface area contributed by atoms with E-state index in [2.05, 4.69) is 5.32 Å². The fourth-order valence-corrected chi connectivity index (χ4v) is 4.86. The Labute approximate surface area is 227 Å². The Kier molecular flexibility index (Phi) is 7.76. The predicted octanol–water partition coefficient (Wildman–Crippen LogP) is 5.72. The third-order valence-electron chi connectivity index (χ3n) is 6.77. The Bertz CT molecular complexity index is 1470. The molecule has 0 spiro atoms. The number of methoxy groups -OCH3 is 2. The van der Waals surface area contributed by atoms with Gasteiger partial charge < -0.3 is 19.9 Å². The number of ketones is 1. The number of nitrogens with one attached hydrogen (secondary N) is 1. The van der Waals surface area contributed by atoms with Gasteiger partial charge in [0.05, 0.1) is 25.8 Å². The minimum Gasteiger partial charge on any atom is -0.507 e. The van der Waals surface area contributed by atoms with Gasteiger partial charge in [-0.15, -0.1) is 0 Å². The van der Waals surface area contributed by atoms with Crippen molar-refractivity contribution in [3.8, 4) is 11.5 Å². The van der Waals surface area contributed by atoms with Crippen molar-refractivity contribution in [2.75, 3.05) is 24.4 Å². The maximum absolute atomic E-state index is 13.6. The van der Waals surface area contributed by atoms with Crippen LogP contribution in [0.25, 0.3) is 5.76 Å². The van der Waals surface area contributed by atoms with Crippen LogP contribution in [-0.4, -0.2) is 36.9 Å². The number of carbonyl (C=O) groups excluding carboxylic acids is 3. The molecule has 39 heavy (non-hydrogen) atoms. The van der Waals surface area contributed by atoms with Crippen molar-refractivity contribution in [3.05, 3.63) is 88.5 Å². The van der Waals surface area contributed by atoms with Crippen molar-refractivity contribution in [2.24, 2.45) is 0 Å². The molecule has 0 bridgehead atoms. The molecule has 0 aliphatic carbocycles. The average molecular weight is 529 g/mol. The van der Waals surface area contributed by atoms with E-state index in [9.17, 15) is 19.5 Å². The summed E-state index contributed by atoms with van der Waals surface area (Å²) in [5, 5.41) is 14.4. The summed E-state index contributed by atoms with van der Waals surface area (Å²) in [6.45, 7) is 7.22. The Morgan fingerprint density at radius 1 is 1.00 bits per heavy atom. The minimum atomic E-state index is -0.924. The maximum Gasteiger partial charge on any atom is 0.300 e. The first-order valence-electron chi connectivity index (χ1n) is 12.6. The number of Topliss-reactive ketones (excluding diaryl/α,β-unsaturated/α-hetero) is 1. The normalized spacial score (nSPS) is 16.5. The lowest BCUT2D eigenvalue weighted by Gasteiger charge is -2.26. The SMILES string of the molecule is COc1ccc(C2/C(=C(\O)c3cc(C(C)C)c(OC)cc3C)C(=O)C(=O)N2c2cccc(NC(C)=O)c2)cc1. The molecule has 2 N–H and O–H groups in total. The third-order valence-corrected chi connectivity index (χ3v) is 6.77. The molecular formula is C31H32N2O6. The van der Waals surface area contributed by atoms with Gasteiger partial charge in [0.1, 0.15) is 17.3 Å². The summed E-state index contributed by atoms with van der Waals surface area (Å²) in [6.07, 6.45) is 0. The first-order chi connectivity index (χ1) is 18.6. The number of nitrogens with zero attached hydrogens (tertiary/aromatic N) is 1. The number of ether oxygens (including phenoxy) is 2. The zero-order valence-electron chi connectivity index (χ0n) is 22.9. The molecule has 3 aromatic carbocycles. The molecule has 8 nitrogen and oxygen atoms in total. The van der Waals surface area contributed by atoms with Gasteiger partial charge in [0.2, 0.25) is 5.91 Å². The summed E-state index contributed by atoms with van der Waals surface area (Å²) in [5.41, 5.74) is 3.46. The Balaban J connectivity index is 1.96. The van der Waals surface area contributed by atoms with E-state index in [1.807, 2.05) is 32.9 Å².